The molecule has 0 aliphatic carbocycles. The van der Waals surface area contributed by atoms with Crippen LogP contribution in [0.3, 0.4) is 0 Å². The van der Waals surface area contributed by atoms with Gasteiger partial charge in [0.1, 0.15) is 17.0 Å². The van der Waals surface area contributed by atoms with Gasteiger partial charge in [0.25, 0.3) is 0 Å². The summed E-state index contributed by atoms with van der Waals surface area (Å²) in [6, 6.07) is 40.2. The van der Waals surface area contributed by atoms with Crippen LogP contribution in [-0.4, -0.2) is 19.5 Å². The lowest BCUT2D eigenvalue weighted by atomic mass is 9.96. The fourth-order valence-electron chi connectivity index (χ4n) is 6.95. The minimum absolute atomic E-state index is 0.222. The van der Waals surface area contributed by atoms with Gasteiger partial charge < -0.3 is 14.0 Å². The number of aromatic amines is 1. The van der Waals surface area contributed by atoms with Crippen LogP contribution in [-0.2, 0) is 5.54 Å². The van der Waals surface area contributed by atoms with E-state index in [1.54, 1.807) is 0 Å². The largest absolute Gasteiger partial charge is 0.455 e. The fraction of sp³-hybridized carbons (Fsp3) is 0.100. The van der Waals surface area contributed by atoms with Gasteiger partial charge in [-0.25, -0.2) is 4.98 Å². The Hall–Kier alpha value is -5.68. The van der Waals surface area contributed by atoms with Crippen LogP contribution in [0.15, 0.2) is 126 Å². The third-order valence-electron chi connectivity index (χ3n) is 8.87. The molecule has 216 valence electrons. The van der Waals surface area contributed by atoms with Crippen molar-refractivity contribution < 1.29 is 4.42 Å². The SMILES string of the molecule is CC(C)(C)n1c(-c2cccc3c2[nH]c2ccccc23)nc2c(-c3cc(-c4ccccn4)c4oc5ccccc5c4c3)cccc21. The predicted molar refractivity (Wildman–Crippen MR) is 185 cm³/mol. The molecule has 0 atom stereocenters. The highest BCUT2D eigenvalue weighted by Crippen LogP contribution is 2.43. The van der Waals surface area contributed by atoms with E-state index >= 15 is 0 Å². The summed E-state index contributed by atoms with van der Waals surface area (Å²) in [4.78, 5) is 13.9. The van der Waals surface area contributed by atoms with Crippen molar-refractivity contribution in [1.29, 1.82) is 0 Å². The summed E-state index contributed by atoms with van der Waals surface area (Å²) >= 11 is 0. The number of hydrogen-bond donors (Lipinski definition) is 1. The van der Waals surface area contributed by atoms with Crippen molar-refractivity contribution >= 4 is 54.8 Å². The molecule has 0 bridgehead atoms. The van der Waals surface area contributed by atoms with Crippen molar-refractivity contribution in [3.63, 3.8) is 0 Å². The number of fused-ring (bicyclic) bond motifs is 7. The molecule has 0 saturated carbocycles. The maximum absolute atomic E-state index is 6.44. The van der Waals surface area contributed by atoms with E-state index in [1.165, 1.54) is 10.8 Å². The number of nitrogens with zero attached hydrogens (tertiary/aromatic N) is 3. The molecule has 0 unspecified atom stereocenters. The Labute approximate surface area is 259 Å². The summed E-state index contributed by atoms with van der Waals surface area (Å²) in [6.45, 7) is 6.75. The highest BCUT2D eigenvalue weighted by Gasteiger charge is 2.26. The minimum Gasteiger partial charge on any atom is -0.455 e. The van der Waals surface area contributed by atoms with E-state index in [4.69, 9.17) is 14.4 Å². The van der Waals surface area contributed by atoms with Crippen LogP contribution in [0, 0.1) is 0 Å². The molecule has 1 N–H and O–H groups in total. The Bertz CT molecular complexity index is 2580. The quantitative estimate of drug-likeness (QED) is 0.225. The van der Waals surface area contributed by atoms with Gasteiger partial charge in [0, 0.05) is 55.5 Å². The second-order valence-electron chi connectivity index (χ2n) is 12.7. The van der Waals surface area contributed by atoms with Crippen LogP contribution < -0.4 is 0 Å². The Morgan fingerprint density at radius 2 is 1.42 bits per heavy atom. The van der Waals surface area contributed by atoms with Crippen molar-refractivity contribution in [2.45, 2.75) is 26.3 Å². The Morgan fingerprint density at radius 3 is 2.27 bits per heavy atom. The summed E-state index contributed by atoms with van der Waals surface area (Å²) in [5.74, 6) is 0.946. The predicted octanol–water partition coefficient (Wildman–Crippen LogP) is 10.7. The van der Waals surface area contributed by atoms with Gasteiger partial charge in [0.2, 0.25) is 0 Å². The monoisotopic (exact) mass is 582 g/mol. The van der Waals surface area contributed by atoms with Crippen LogP contribution in [0.25, 0.3) is 88.5 Å². The molecule has 0 amide bonds. The number of para-hydroxylation sites is 4. The molecule has 45 heavy (non-hydrogen) atoms. The highest BCUT2D eigenvalue weighted by molar-refractivity contribution is 6.13. The normalized spacial score (nSPS) is 12.3. The van der Waals surface area contributed by atoms with E-state index in [-0.39, 0.29) is 5.54 Å². The Kier molecular flexibility index (Phi) is 5.39. The lowest BCUT2D eigenvalue weighted by molar-refractivity contribution is 0.413. The molecule has 0 aliphatic heterocycles. The van der Waals surface area contributed by atoms with E-state index in [9.17, 15) is 0 Å². The van der Waals surface area contributed by atoms with Gasteiger partial charge in [0.15, 0.2) is 0 Å². The molecule has 0 spiro atoms. The van der Waals surface area contributed by atoms with E-state index in [2.05, 4.69) is 115 Å². The first-order chi connectivity index (χ1) is 22.0. The van der Waals surface area contributed by atoms with Crippen LogP contribution in [0.4, 0.5) is 0 Å². The average molecular weight is 583 g/mol. The zero-order valence-electron chi connectivity index (χ0n) is 25.3. The second-order valence-corrected chi connectivity index (χ2v) is 12.7. The van der Waals surface area contributed by atoms with E-state index in [0.29, 0.717) is 0 Å². The van der Waals surface area contributed by atoms with E-state index < -0.39 is 0 Å². The maximum atomic E-state index is 6.44. The summed E-state index contributed by atoms with van der Waals surface area (Å²) in [5, 5.41) is 4.58. The summed E-state index contributed by atoms with van der Waals surface area (Å²) in [5.41, 5.74) is 10.9. The minimum atomic E-state index is -0.222. The number of rotatable bonds is 3. The number of imidazole rings is 1. The average Bonchev–Trinajstić information content (AvgIpc) is 3.76. The summed E-state index contributed by atoms with van der Waals surface area (Å²) in [7, 11) is 0. The molecular formula is C40H30N4O. The van der Waals surface area contributed by atoms with Gasteiger partial charge in [-0.15, -0.1) is 0 Å². The molecule has 5 nitrogen and oxygen atoms in total. The van der Waals surface area contributed by atoms with Crippen molar-refractivity contribution in [3.8, 4) is 33.8 Å². The highest BCUT2D eigenvalue weighted by atomic mass is 16.3. The molecule has 0 fully saturated rings. The number of aromatic nitrogens is 4. The third kappa shape index (κ3) is 3.87. The molecule has 5 heteroatoms. The van der Waals surface area contributed by atoms with Gasteiger partial charge in [-0.1, -0.05) is 66.7 Å². The van der Waals surface area contributed by atoms with Gasteiger partial charge >= 0.3 is 0 Å². The Morgan fingerprint density at radius 1 is 0.667 bits per heavy atom. The van der Waals surface area contributed by atoms with Crippen LogP contribution >= 0.6 is 0 Å². The number of hydrogen-bond acceptors (Lipinski definition) is 3. The summed E-state index contributed by atoms with van der Waals surface area (Å²) in [6.07, 6.45) is 1.83. The molecule has 0 radical (unpaired) electrons. The standard InChI is InChI=1S/C40H30N4O/c1-40(2,3)44-34-19-11-14-25(37(34)43-39(44)29-16-10-15-28-26-12-4-6-18-33(26)42-36(28)29)24-22-30-27-13-5-7-20-35(27)45-38(30)31(23-24)32-17-8-9-21-41-32/h4-23,42H,1-3H3. The molecule has 0 aliphatic rings. The van der Waals surface area contributed by atoms with Crippen molar-refractivity contribution in [2.24, 2.45) is 0 Å². The number of benzene rings is 5. The molecule has 4 heterocycles. The topological polar surface area (TPSA) is 59.6 Å². The molecule has 4 aromatic heterocycles. The first kappa shape index (κ1) is 25.8. The zero-order valence-corrected chi connectivity index (χ0v) is 25.3. The molecule has 9 rings (SSSR count). The number of pyridine rings is 1. The first-order valence-electron chi connectivity index (χ1n) is 15.3. The third-order valence-corrected chi connectivity index (χ3v) is 8.87. The van der Waals surface area contributed by atoms with Crippen LogP contribution in [0.1, 0.15) is 20.8 Å². The van der Waals surface area contributed by atoms with Crippen molar-refractivity contribution in [2.75, 3.05) is 0 Å². The fourth-order valence-corrected chi connectivity index (χ4v) is 6.95. The number of H-pyrrole nitrogens is 1. The van der Waals surface area contributed by atoms with E-state index in [0.717, 1.165) is 77.8 Å². The Balaban J connectivity index is 1.36. The van der Waals surface area contributed by atoms with Crippen molar-refractivity contribution in [1.82, 2.24) is 19.5 Å². The van der Waals surface area contributed by atoms with Gasteiger partial charge in [0.05, 0.1) is 22.2 Å². The lowest BCUT2D eigenvalue weighted by Crippen LogP contribution is -2.22. The molecular weight excluding hydrogens is 552 g/mol. The van der Waals surface area contributed by atoms with Gasteiger partial charge in [-0.3, -0.25) is 4.98 Å². The van der Waals surface area contributed by atoms with Crippen LogP contribution in [0.2, 0.25) is 0 Å². The number of furan rings is 1. The molecule has 9 aromatic rings. The van der Waals surface area contributed by atoms with Crippen molar-refractivity contribution in [3.05, 3.63) is 121 Å². The second kappa shape index (κ2) is 9.41. The van der Waals surface area contributed by atoms with Gasteiger partial charge in [-0.05, 0) is 74.9 Å². The van der Waals surface area contributed by atoms with Gasteiger partial charge in [-0.2, -0.15) is 0 Å². The molecule has 5 aromatic carbocycles. The lowest BCUT2D eigenvalue weighted by Gasteiger charge is -2.25. The molecule has 0 saturated heterocycles. The van der Waals surface area contributed by atoms with Crippen LogP contribution in [0.5, 0.6) is 0 Å². The smallest absolute Gasteiger partial charge is 0.144 e. The summed E-state index contributed by atoms with van der Waals surface area (Å²) < 4.78 is 8.83. The number of nitrogens with one attached hydrogen (secondary N) is 1. The zero-order chi connectivity index (χ0) is 30.3. The first-order valence-corrected chi connectivity index (χ1v) is 15.3. The maximum Gasteiger partial charge on any atom is 0.144 e. The van der Waals surface area contributed by atoms with E-state index in [1.807, 2.05) is 36.5 Å².